The molecule has 30 heavy (non-hydrogen) atoms. The summed E-state index contributed by atoms with van der Waals surface area (Å²) in [4.78, 5) is 0.244. The lowest BCUT2D eigenvalue weighted by Crippen LogP contribution is -2.30. The summed E-state index contributed by atoms with van der Waals surface area (Å²) in [7, 11) is -2.17. The van der Waals surface area contributed by atoms with E-state index in [1.54, 1.807) is 72.6 Å². The molecule has 0 fully saturated rings. The van der Waals surface area contributed by atoms with Gasteiger partial charge in [-0.05, 0) is 60.2 Å². The van der Waals surface area contributed by atoms with Crippen molar-refractivity contribution in [1.82, 2.24) is 9.78 Å². The Morgan fingerprint density at radius 1 is 0.900 bits per heavy atom. The topological polar surface area (TPSA) is 64.4 Å². The van der Waals surface area contributed by atoms with E-state index in [9.17, 15) is 8.42 Å². The van der Waals surface area contributed by atoms with Gasteiger partial charge in [-0.25, -0.2) is 13.1 Å². The number of hydrogen-bond donors (Lipinski definition) is 0. The van der Waals surface area contributed by atoms with Gasteiger partial charge in [-0.15, -0.1) is 0 Å². The van der Waals surface area contributed by atoms with Crippen molar-refractivity contribution >= 4 is 15.7 Å². The molecule has 1 aromatic heterocycles. The molecule has 0 saturated carbocycles. The number of anilines is 1. The monoisotopic (exact) mass is 419 g/mol. The molecule has 0 saturated heterocycles. The Morgan fingerprint density at radius 2 is 1.60 bits per heavy atom. The Bertz CT molecular complexity index is 1190. The lowest BCUT2D eigenvalue weighted by atomic mass is 10.2. The first-order valence-corrected chi connectivity index (χ1v) is 10.8. The van der Waals surface area contributed by atoms with Gasteiger partial charge in [0.05, 0.1) is 29.9 Å². The number of ether oxygens (including phenoxy) is 1. The highest BCUT2D eigenvalue weighted by Gasteiger charge is 2.25. The van der Waals surface area contributed by atoms with Crippen molar-refractivity contribution < 1.29 is 13.2 Å². The predicted molar refractivity (Wildman–Crippen MR) is 116 cm³/mol. The average molecular weight is 420 g/mol. The van der Waals surface area contributed by atoms with Crippen LogP contribution in [0.15, 0.2) is 102 Å². The molecule has 6 nitrogen and oxygen atoms in total. The van der Waals surface area contributed by atoms with E-state index >= 15 is 0 Å². The fourth-order valence-corrected chi connectivity index (χ4v) is 4.60. The van der Waals surface area contributed by atoms with Gasteiger partial charge in [0.25, 0.3) is 10.0 Å². The lowest BCUT2D eigenvalue weighted by molar-refractivity contribution is 0.415. The van der Waals surface area contributed by atoms with Gasteiger partial charge in [0, 0.05) is 12.4 Å². The van der Waals surface area contributed by atoms with E-state index in [2.05, 4.69) is 5.10 Å². The quantitative estimate of drug-likeness (QED) is 0.449. The molecular weight excluding hydrogens is 398 g/mol. The molecule has 0 N–H and O–H groups in total. The van der Waals surface area contributed by atoms with Gasteiger partial charge >= 0.3 is 0 Å². The number of nitrogens with zero attached hydrogens (tertiary/aromatic N) is 3. The number of benzene rings is 3. The van der Waals surface area contributed by atoms with E-state index in [1.165, 1.54) is 4.31 Å². The summed E-state index contributed by atoms with van der Waals surface area (Å²) >= 11 is 0. The van der Waals surface area contributed by atoms with Gasteiger partial charge < -0.3 is 4.74 Å². The van der Waals surface area contributed by atoms with Crippen LogP contribution in [-0.2, 0) is 16.6 Å². The van der Waals surface area contributed by atoms with E-state index in [0.29, 0.717) is 11.4 Å². The minimum absolute atomic E-state index is 0.197. The summed E-state index contributed by atoms with van der Waals surface area (Å²) < 4.78 is 35.2. The van der Waals surface area contributed by atoms with Crippen molar-refractivity contribution in [2.75, 3.05) is 11.4 Å². The van der Waals surface area contributed by atoms with Crippen molar-refractivity contribution in [3.63, 3.8) is 0 Å². The Labute approximate surface area is 176 Å². The molecule has 4 aromatic rings. The van der Waals surface area contributed by atoms with Crippen LogP contribution in [0, 0.1) is 0 Å². The standard InChI is InChI=1S/C23H21N3O3S/c1-29-22-14-12-21(13-15-22)26(30(27,28)23-6-3-2-4-7-23)18-19-8-10-20(11-9-19)25-17-5-16-24-25/h2-17H,18H2,1H3. The Kier molecular flexibility index (Phi) is 5.54. The Hall–Kier alpha value is -3.58. The largest absolute Gasteiger partial charge is 0.497 e. The minimum Gasteiger partial charge on any atom is -0.497 e. The summed E-state index contributed by atoms with van der Waals surface area (Å²) in [6, 6.07) is 25.0. The molecule has 0 aliphatic rings. The molecule has 3 aromatic carbocycles. The summed E-state index contributed by atoms with van der Waals surface area (Å²) in [5.74, 6) is 0.666. The summed E-state index contributed by atoms with van der Waals surface area (Å²) in [6.07, 6.45) is 3.57. The SMILES string of the molecule is COc1ccc(N(Cc2ccc(-n3cccn3)cc2)S(=O)(=O)c2ccccc2)cc1. The summed E-state index contributed by atoms with van der Waals surface area (Å²) in [6.45, 7) is 0.197. The summed E-state index contributed by atoms with van der Waals surface area (Å²) in [5, 5.41) is 4.22. The van der Waals surface area contributed by atoms with Gasteiger partial charge in [0.15, 0.2) is 0 Å². The van der Waals surface area contributed by atoms with Crippen molar-refractivity contribution in [1.29, 1.82) is 0 Å². The van der Waals surface area contributed by atoms with Crippen LogP contribution < -0.4 is 9.04 Å². The van der Waals surface area contributed by atoms with Crippen molar-refractivity contribution in [3.05, 3.63) is 103 Å². The van der Waals surface area contributed by atoms with E-state index in [1.807, 2.05) is 36.5 Å². The Balaban J connectivity index is 1.70. The molecule has 0 atom stereocenters. The maximum Gasteiger partial charge on any atom is 0.264 e. The zero-order valence-corrected chi connectivity index (χ0v) is 17.2. The fraction of sp³-hybridized carbons (Fsp3) is 0.0870. The van der Waals surface area contributed by atoms with Gasteiger partial charge in [0.1, 0.15) is 5.75 Å². The molecule has 0 aliphatic heterocycles. The number of methoxy groups -OCH3 is 1. The van der Waals surface area contributed by atoms with E-state index < -0.39 is 10.0 Å². The molecule has 0 spiro atoms. The second-order valence-corrected chi connectivity index (χ2v) is 8.50. The van der Waals surface area contributed by atoms with Crippen LogP contribution in [0.5, 0.6) is 5.75 Å². The third-order valence-corrected chi connectivity index (χ3v) is 6.51. The molecule has 152 valence electrons. The first-order valence-electron chi connectivity index (χ1n) is 9.39. The second kappa shape index (κ2) is 8.42. The molecule has 7 heteroatoms. The van der Waals surface area contributed by atoms with Crippen molar-refractivity contribution in [3.8, 4) is 11.4 Å². The van der Waals surface area contributed by atoms with Crippen LogP contribution in [0.1, 0.15) is 5.56 Å². The number of hydrogen-bond acceptors (Lipinski definition) is 4. The lowest BCUT2D eigenvalue weighted by Gasteiger charge is -2.25. The second-order valence-electron chi connectivity index (χ2n) is 6.64. The van der Waals surface area contributed by atoms with Crippen LogP contribution in [0.4, 0.5) is 5.69 Å². The van der Waals surface area contributed by atoms with Crippen LogP contribution in [0.2, 0.25) is 0 Å². The van der Waals surface area contributed by atoms with Crippen LogP contribution >= 0.6 is 0 Å². The Morgan fingerprint density at radius 3 is 2.20 bits per heavy atom. The first kappa shape index (κ1) is 19.7. The van der Waals surface area contributed by atoms with Gasteiger partial charge in [-0.2, -0.15) is 5.10 Å². The molecule has 0 unspecified atom stereocenters. The highest BCUT2D eigenvalue weighted by molar-refractivity contribution is 7.92. The zero-order chi connectivity index (χ0) is 21.0. The average Bonchev–Trinajstić information content (AvgIpc) is 3.33. The van der Waals surface area contributed by atoms with E-state index in [0.717, 1.165) is 11.3 Å². The molecule has 0 bridgehead atoms. The maximum absolute atomic E-state index is 13.4. The third kappa shape index (κ3) is 4.06. The van der Waals surface area contributed by atoms with Gasteiger partial charge in [-0.1, -0.05) is 30.3 Å². The van der Waals surface area contributed by atoms with Crippen molar-refractivity contribution in [2.24, 2.45) is 0 Å². The van der Waals surface area contributed by atoms with Gasteiger partial charge in [0.2, 0.25) is 0 Å². The van der Waals surface area contributed by atoms with Crippen LogP contribution in [0.3, 0.4) is 0 Å². The third-order valence-electron chi connectivity index (χ3n) is 4.72. The molecule has 0 aliphatic carbocycles. The van der Waals surface area contributed by atoms with E-state index in [-0.39, 0.29) is 11.4 Å². The maximum atomic E-state index is 13.4. The number of rotatable bonds is 7. The smallest absolute Gasteiger partial charge is 0.264 e. The molecule has 4 rings (SSSR count). The summed E-state index contributed by atoms with van der Waals surface area (Å²) in [5.41, 5.74) is 2.34. The van der Waals surface area contributed by atoms with Crippen LogP contribution in [0.25, 0.3) is 5.69 Å². The normalized spacial score (nSPS) is 11.2. The molecule has 0 radical (unpaired) electrons. The van der Waals surface area contributed by atoms with Crippen LogP contribution in [-0.4, -0.2) is 25.3 Å². The molecule has 1 heterocycles. The first-order chi connectivity index (χ1) is 14.6. The van der Waals surface area contributed by atoms with Crippen molar-refractivity contribution in [2.45, 2.75) is 11.4 Å². The molecule has 0 amide bonds. The molecular formula is C23H21N3O3S. The highest BCUT2D eigenvalue weighted by atomic mass is 32.2. The number of aromatic nitrogens is 2. The van der Waals surface area contributed by atoms with E-state index in [4.69, 9.17) is 4.74 Å². The fourth-order valence-electron chi connectivity index (χ4n) is 3.12. The minimum atomic E-state index is -3.75. The zero-order valence-electron chi connectivity index (χ0n) is 16.4. The van der Waals surface area contributed by atoms with Gasteiger partial charge in [-0.3, -0.25) is 4.31 Å². The number of sulfonamides is 1. The highest BCUT2D eigenvalue weighted by Crippen LogP contribution is 2.28. The predicted octanol–water partition coefficient (Wildman–Crippen LogP) is 4.28.